The molecular formula is C22H22N2O4. The number of pyridine rings is 1. The van der Waals surface area contributed by atoms with E-state index in [1.54, 1.807) is 7.05 Å². The fourth-order valence-corrected chi connectivity index (χ4v) is 2.79. The van der Waals surface area contributed by atoms with Gasteiger partial charge in [-0.2, -0.15) is 0 Å². The minimum Gasteiger partial charge on any atom is -0.493 e. The Bertz CT molecular complexity index is 929. The summed E-state index contributed by atoms with van der Waals surface area (Å²) in [7, 11) is 1.66. The maximum Gasteiger partial charge on any atom is 0.337 e. The van der Waals surface area contributed by atoms with Crippen molar-refractivity contribution in [3.8, 4) is 17.2 Å². The van der Waals surface area contributed by atoms with Gasteiger partial charge in [0, 0.05) is 19.3 Å². The highest BCUT2D eigenvalue weighted by Gasteiger charge is 2.11. The summed E-state index contributed by atoms with van der Waals surface area (Å²) in [5.74, 6) is 1.70. The number of hydrogen-bond donors (Lipinski definition) is 2. The Morgan fingerprint density at radius 3 is 2.68 bits per heavy atom. The van der Waals surface area contributed by atoms with Crippen molar-refractivity contribution in [3.63, 3.8) is 0 Å². The minimum atomic E-state index is -0.947. The van der Waals surface area contributed by atoms with E-state index in [2.05, 4.69) is 16.4 Å². The molecule has 2 N–H and O–H groups in total. The number of nitrogens with one attached hydrogen (secondary N) is 1. The monoisotopic (exact) mass is 378 g/mol. The third-order valence-corrected chi connectivity index (χ3v) is 4.19. The molecule has 2 heterocycles. The standard InChI is InChI=1S/C15H14O2.C7H8N2O2/c1-2-6-13(7-3-1)17-14-9-8-12-5-4-10-16-15(12)11-14;1-8-6-4-9-3-2-5(6)7(10)11/h1-3,6-9,11H,4-5,10H2;2-4,8H,1H3,(H,10,11). The molecule has 0 saturated carbocycles. The number of hydrogen-bond acceptors (Lipinski definition) is 5. The number of benzene rings is 2. The van der Waals surface area contributed by atoms with Crippen molar-refractivity contribution in [2.24, 2.45) is 0 Å². The lowest BCUT2D eigenvalue weighted by molar-refractivity contribution is 0.0698. The summed E-state index contributed by atoms with van der Waals surface area (Å²) < 4.78 is 11.4. The maximum absolute atomic E-state index is 10.5. The van der Waals surface area contributed by atoms with Crippen LogP contribution >= 0.6 is 0 Å². The smallest absolute Gasteiger partial charge is 0.337 e. The summed E-state index contributed by atoms with van der Waals surface area (Å²) in [5.41, 5.74) is 2.04. The van der Waals surface area contributed by atoms with E-state index in [4.69, 9.17) is 14.6 Å². The summed E-state index contributed by atoms with van der Waals surface area (Å²) in [6, 6.07) is 17.3. The lowest BCUT2D eigenvalue weighted by Crippen LogP contribution is -2.07. The number of aromatic carboxylic acids is 1. The van der Waals surface area contributed by atoms with E-state index in [1.807, 2.05) is 42.5 Å². The number of carboxylic acid groups (broad SMARTS) is 1. The lowest BCUT2D eigenvalue weighted by Gasteiger charge is -2.17. The van der Waals surface area contributed by atoms with E-state index >= 15 is 0 Å². The highest BCUT2D eigenvalue weighted by Crippen LogP contribution is 2.31. The lowest BCUT2D eigenvalue weighted by atomic mass is 10.1. The van der Waals surface area contributed by atoms with Gasteiger partial charge in [-0.15, -0.1) is 0 Å². The molecule has 3 aromatic rings. The molecular weight excluding hydrogens is 356 g/mol. The van der Waals surface area contributed by atoms with Gasteiger partial charge in [-0.05, 0) is 42.7 Å². The Morgan fingerprint density at radius 1 is 1.14 bits per heavy atom. The average molecular weight is 378 g/mol. The zero-order chi connectivity index (χ0) is 19.8. The number of ether oxygens (including phenoxy) is 2. The molecule has 2 aromatic carbocycles. The number of aryl methyl sites for hydroxylation is 1. The third kappa shape index (κ3) is 5.01. The first-order valence-electron chi connectivity index (χ1n) is 9.01. The second-order valence-electron chi connectivity index (χ2n) is 6.11. The van der Waals surface area contributed by atoms with Crippen molar-refractivity contribution < 1.29 is 19.4 Å². The third-order valence-electron chi connectivity index (χ3n) is 4.19. The number of nitrogens with zero attached hydrogens (tertiary/aromatic N) is 1. The summed E-state index contributed by atoms with van der Waals surface area (Å²) in [6.45, 7) is 0.807. The van der Waals surface area contributed by atoms with Crippen LogP contribution < -0.4 is 14.8 Å². The predicted molar refractivity (Wildman–Crippen MR) is 108 cm³/mol. The van der Waals surface area contributed by atoms with E-state index in [0.717, 1.165) is 36.7 Å². The SMILES string of the molecule is CNc1cnccc1C(=O)O.c1ccc(Oc2ccc3c(c2)OCCC3)cc1. The topological polar surface area (TPSA) is 80.7 Å². The van der Waals surface area contributed by atoms with Gasteiger partial charge < -0.3 is 19.9 Å². The van der Waals surface area contributed by atoms with Gasteiger partial charge in [0.1, 0.15) is 17.2 Å². The van der Waals surface area contributed by atoms with Crippen LogP contribution in [0.2, 0.25) is 0 Å². The summed E-state index contributed by atoms with van der Waals surface area (Å²) >= 11 is 0. The number of para-hydroxylation sites is 1. The molecule has 0 atom stereocenters. The van der Waals surface area contributed by atoms with Crippen molar-refractivity contribution >= 4 is 11.7 Å². The minimum absolute atomic E-state index is 0.238. The first kappa shape index (κ1) is 19.2. The largest absolute Gasteiger partial charge is 0.493 e. The molecule has 6 heteroatoms. The number of fused-ring (bicyclic) bond motifs is 1. The van der Waals surface area contributed by atoms with Crippen molar-refractivity contribution in [1.82, 2.24) is 4.98 Å². The van der Waals surface area contributed by atoms with E-state index in [1.165, 1.54) is 24.0 Å². The van der Waals surface area contributed by atoms with Gasteiger partial charge in [-0.3, -0.25) is 4.98 Å². The highest BCUT2D eigenvalue weighted by molar-refractivity contribution is 5.93. The van der Waals surface area contributed by atoms with Crippen LogP contribution in [-0.4, -0.2) is 29.7 Å². The number of rotatable bonds is 4. The molecule has 1 aliphatic heterocycles. The van der Waals surface area contributed by atoms with Crippen molar-refractivity contribution in [2.45, 2.75) is 12.8 Å². The number of carbonyl (C=O) groups is 1. The van der Waals surface area contributed by atoms with Crippen molar-refractivity contribution in [1.29, 1.82) is 0 Å². The van der Waals surface area contributed by atoms with Crippen LogP contribution in [0.3, 0.4) is 0 Å². The molecule has 1 aromatic heterocycles. The van der Waals surface area contributed by atoms with Crippen LogP contribution in [-0.2, 0) is 6.42 Å². The number of aromatic nitrogens is 1. The molecule has 0 unspecified atom stereocenters. The Labute approximate surface area is 163 Å². The first-order valence-corrected chi connectivity index (χ1v) is 9.01. The number of carboxylic acids is 1. The Kier molecular flexibility index (Phi) is 6.46. The van der Waals surface area contributed by atoms with Gasteiger partial charge in [0.25, 0.3) is 0 Å². The van der Waals surface area contributed by atoms with Crippen LogP contribution in [0.25, 0.3) is 0 Å². The van der Waals surface area contributed by atoms with Crippen molar-refractivity contribution in [2.75, 3.05) is 19.0 Å². The molecule has 6 nitrogen and oxygen atoms in total. The van der Waals surface area contributed by atoms with Gasteiger partial charge in [0.2, 0.25) is 0 Å². The highest BCUT2D eigenvalue weighted by atomic mass is 16.5. The predicted octanol–water partition coefficient (Wildman–Crippen LogP) is 4.63. The molecule has 28 heavy (non-hydrogen) atoms. The summed E-state index contributed by atoms with van der Waals surface area (Å²) in [6.07, 6.45) is 5.13. The molecule has 144 valence electrons. The summed E-state index contributed by atoms with van der Waals surface area (Å²) in [4.78, 5) is 14.3. The van der Waals surface area contributed by atoms with Crippen LogP contribution in [0.15, 0.2) is 67.0 Å². The molecule has 0 saturated heterocycles. The fraction of sp³-hybridized carbons (Fsp3) is 0.182. The van der Waals surface area contributed by atoms with Gasteiger partial charge in [0.05, 0.1) is 24.1 Å². The molecule has 4 rings (SSSR count). The molecule has 0 spiro atoms. The van der Waals surface area contributed by atoms with E-state index < -0.39 is 5.97 Å². The zero-order valence-electron chi connectivity index (χ0n) is 15.6. The Morgan fingerprint density at radius 2 is 1.96 bits per heavy atom. The van der Waals surface area contributed by atoms with E-state index in [-0.39, 0.29) is 5.56 Å². The second-order valence-corrected chi connectivity index (χ2v) is 6.11. The second kappa shape index (κ2) is 9.41. The molecule has 0 aliphatic carbocycles. The maximum atomic E-state index is 10.5. The van der Waals surface area contributed by atoms with Gasteiger partial charge in [0.15, 0.2) is 0 Å². The normalized spacial score (nSPS) is 11.9. The van der Waals surface area contributed by atoms with Crippen LogP contribution in [0.4, 0.5) is 5.69 Å². The van der Waals surface area contributed by atoms with Crippen LogP contribution in [0.5, 0.6) is 17.2 Å². The molecule has 1 aliphatic rings. The van der Waals surface area contributed by atoms with Crippen LogP contribution in [0, 0.1) is 0 Å². The zero-order valence-corrected chi connectivity index (χ0v) is 15.6. The molecule has 0 fully saturated rings. The van der Waals surface area contributed by atoms with Gasteiger partial charge in [-0.1, -0.05) is 24.3 Å². The molecule has 0 bridgehead atoms. The first-order chi connectivity index (χ1) is 13.7. The van der Waals surface area contributed by atoms with E-state index in [9.17, 15) is 4.79 Å². The number of anilines is 1. The van der Waals surface area contributed by atoms with Crippen LogP contribution in [0.1, 0.15) is 22.3 Å². The fourth-order valence-electron chi connectivity index (χ4n) is 2.79. The average Bonchev–Trinajstić information content (AvgIpc) is 2.75. The molecule has 0 amide bonds. The van der Waals surface area contributed by atoms with Gasteiger partial charge >= 0.3 is 5.97 Å². The van der Waals surface area contributed by atoms with Crippen molar-refractivity contribution in [3.05, 3.63) is 78.1 Å². The summed E-state index contributed by atoms with van der Waals surface area (Å²) in [5, 5.41) is 11.4. The Balaban J connectivity index is 0.000000178. The quantitative estimate of drug-likeness (QED) is 0.689. The molecule has 0 radical (unpaired) electrons. The Hall–Kier alpha value is -3.54. The van der Waals surface area contributed by atoms with E-state index in [0.29, 0.717) is 5.69 Å². The van der Waals surface area contributed by atoms with Gasteiger partial charge in [-0.25, -0.2) is 4.79 Å².